The van der Waals surface area contributed by atoms with Gasteiger partial charge < -0.3 is 10.5 Å². The van der Waals surface area contributed by atoms with Crippen molar-refractivity contribution in [2.45, 2.75) is 0 Å². The van der Waals surface area contributed by atoms with Crippen LogP contribution in [0, 0.1) is 0 Å². The average Bonchev–Trinajstić information content (AvgIpc) is 2.77. The van der Waals surface area contributed by atoms with Crippen LogP contribution in [-0.4, -0.2) is 28.4 Å². The fraction of sp³-hybridized carbons (Fsp3) is 0.100. The summed E-state index contributed by atoms with van der Waals surface area (Å²) >= 11 is 3.34. The average molecular weight is 297 g/mol. The molecule has 0 radical (unpaired) electrons. The van der Waals surface area contributed by atoms with Crippen molar-refractivity contribution in [3.05, 3.63) is 28.4 Å². The van der Waals surface area contributed by atoms with Gasteiger partial charge in [-0.1, -0.05) is 15.9 Å². The van der Waals surface area contributed by atoms with Crippen molar-refractivity contribution in [3.63, 3.8) is 0 Å². The van der Waals surface area contributed by atoms with Gasteiger partial charge in [-0.3, -0.25) is 4.79 Å². The maximum atomic E-state index is 11.2. The fourth-order valence-corrected chi connectivity index (χ4v) is 1.82. The Morgan fingerprint density at radius 2 is 2.24 bits per heavy atom. The van der Waals surface area contributed by atoms with Crippen molar-refractivity contribution in [2.75, 3.05) is 7.11 Å². The number of hydrogen-bond acceptors (Lipinski definition) is 4. The van der Waals surface area contributed by atoms with Gasteiger partial charge in [0.05, 0.1) is 7.11 Å². The highest BCUT2D eigenvalue weighted by molar-refractivity contribution is 9.10. The zero-order chi connectivity index (χ0) is 12.4. The van der Waals surface area contributed by atoms with Crippen LogP contribution >= 0.6 is 15.9 Å². The Hall–Kier alpha value is -1.89. The number of nitrogens with one attached hydrogen (secondary N) is 1. The molecule has 0 aliphatic heterocycles. The smallest absolute Gasteiger partial charge is 0.271 e. The molecule has 0 fully saturated rings. The SMILES string of the molecule is COc1ccc(Br)cc1-c1n[nH]nc1C(N)=O. The van der Waals surface area contributed by atoms with E-state index < -0.39 is 5.91 Å². The predicted octanol–water partition coefficient (Wildman–Crippen LogP) is 1.34. The lowest BCUT2D eigenvalue weighted by molar-refractivity contribution is 0.0996. The molecule has 1 amide bonds. The Morgan fingerprint density at radius 1 is 1.47 bits per heavy atom. The summed E-state index contributed by atoms with van der Waals surface area (Å²) in [6, 6.07) is 5.37. The third-order valence-corrected chi connectivity index (χ3v) is 2.69. The lowest BCUT2D eigenvalue weighted by Crippen LogP contribution is -2.12. The number of H-pyrrole nitrogens is 1. The number of carbonyl (C=O) groups excluding carboxylic acids is 1. The van der Waals surface area contributed by atoms with Gasteiger partial charge in [-0.25, -0.2) is 0 Å². The minimum absolute atomic E-state index is 0.0846. The molecule has 1 aromatic carbocycles. The summed E-state index contributed by atoms with van der Waals surface area (Å²) in [5.41, 5.74) is 6.31. The van der Waals surface area contributed by atoms with Gasteiger partial charge in [-0.15, -0.1) is 0 Å². The number of hydrogen-bond donors (Lipinski definition) is 2. The number of carbonyl (C=O) groups is 1. The number of primary amides is 1. The van der Waals surface area contributed by atoms with Gasteiger partial charge in [0, 0.05) is 10.0 Å². The van der Waals surface area contributed by atoms with Crippen molar-refractivity contribution in [2.24, 2.45) is 5.73 Å². The molecule has 1 aromatic heterocycles. The second kappa shape index (κ2) is 4.54. The van der Waals surface area contributed by atoms with Gasteiger partial charge in [0.2, 0.25) is 0 Å². The lowest BCUT2D eigenvalue weighted by Gasteiger charge is -2.06. The molecule has 7 heteroatoms. The van der Waals surface area contributed by atoms with Crippen LogP contribution in [0.15, 0.2) is 22.7 Å². The Balaban J connectivity index is 2.63. The zero-order valence-electron chi connectivity index (χ0n) is 8.90. The maximum absolute atomic E-state index is 11.2. The number of rotatable bonds is 3. The van der Waals surface area contributed by atoms with Gasteiger partial charge >= 0.3 is 0 Å². The first-order valence-electron chi connectivity index (χ1n) is 4.68. The first kappa shape index (κ1) is 11.6. The fourth-order valence-electron chi connectivity index (χ4n) is 1.46. The molecule has 3 N–H and O–H groups in total. The van der Waals surface area contributed by atoms with Gasteiger partial charge in [0.15, 0.2) is 5.69 Å². The summed E-state index contributed by atoms with van der Waals surface area (Å²) in [5, 5.41) is 10.0. The van der Waals surface area contributed by atoms with Crippen LogP contribution in [0.3, 0.4) is 0 Å². The highest BCUT2D eigenvalue weighted by Crippen LogP contribution is 2.32. The molecule has 88 valence electrons. The largest absolute Gasteiger partial charge is 0.496 e. The number of nitrogens with zero attached hydrogens (tertiary/aromatic N) is 2. The van der Waals surface area contributed by atoms with Crippen LogP contribution in [0.4, 0.5) is 0 Å². The number of nitrogens with two attached hydrogens (primary N) is 1. The van der Waals surface area contributed by atoms with E-state index in [1.54, 1.807) is 12.1 Å². The van der Waals surface area contributed by atoms with Gasteiger partial charge in [-0.05, 0) is 18.2 Å². The first-order chi connectivity index (χ1) is 8.13. The molecule has 0 aliphatic carbocycles. The summed E-state index contributed by atoms with van der Waals surface area (Å²) < 4.78 is 6.04. The van der Waals surface area contributed by atoms with E-state index in [1.807, 2.05) is 6.07 Å². The minimum atomic E-state index is -0.643. The second-order valence-electron chi connectivity index (χ2n) is 3.23. The molecule has 17 heavy (non-hydrogen) atoms. The first-order valence-corrected chi connectivity index (χ1v) is 5.47. The number of amides is 1. The van der Waals surface area contributed by atoms with E-state index in [2.05, 4.69) is 31.3 Å². The topological polar surface area (TPSA) is 93.9 Å². The van der Waals surface area contributed by atoms with Crippen molar-refractivity contribution in [1.82, 2.24) is 15.4 Å². The van der Waals surface area contributed by atoms with Gasteiger partial charge in [0.25, 0.3) is 5.91 Å². The number of halogens is 1. The molecule has 0 spiro atoms. The quantitative estimate of drug-likeness (QED) is 0.894. The van der Waals surface area contributed by atoms with Crippen molar-refractivity contribution in [3.8, 4) is 17.0 Å². The standard InChI is InChI=1S/C10H9BrN4O2/c1-17-7-3-2-5(11)4-6(7)8-9(10(12)16)14-15-13-8/h2-4H,1H3,(H2,12,16)(H,13,14,15). The maximum Gasteiger partial charge on any atom is 0.271 e. The highest BCUT2D eigenvalue weighted by atomic mass is 79.9. The van der Waals surface area contributed by atoms with Crippen molar-refractivity contribution < 1.29 is 9.53 Å². The number of ether oxygens (including phenoxy) is 1. The molecule has 0 unspecified atom stereocenters. The van der Waals surface area contributed by atoms with Crippen molar-refractivity contribution in [1.29, 1.82) is 0 Å². The Morgan fingerprint density at radius 3 is 2.88 bits per heavy atom. The number of aromatic amines is 1. The van der Waals surface area contributed by atoms with E-state index in [1.165, 1.54) is 7.11 Å². The monoisotopic (exact) mass is 296 g/mol. The van der Waals surface area contributed by atoms with E-state index in [0.717, 1.165) is 4.47 Å². The summed E-state index contributed by atoms with van der Waals surface area (Å²) in [6.45, 7) is 0. The van der Waals surface area contributed by atoms with Crippen LogP contribution < -0.4 is 10.5 Å². The summed E-state index contributed by atoms with van der Waals surface area (Å²) in [5.74, 6) is -0.0552. The minimum Gasteiger partial charge on any atom is -0.496 e. The molecule has 2 aromatic rings. The summed E-state index contributed by atoms with van der Waals surface area (Å²) in [6.07, 6.45) is 0. The van der Waals surface area contributed by atoms with E-state index >= 15 is 0 Å². The third kappa shape index (κ3) is 2.14. The van der Waals surface area contributed by atoms with Gasteiger partial charge in [-0.2, -0.15) is 15.4 Å². The molecule has 0 saturated carbocycles. The third-order valence-electron chi connectivity index (χ3n) is 2.20. The Bertz CT molecular complexity index is 567. The molecule has 2 rings (SSSR count). The van der Waals surface area contributed by atoms with Crippen LogP contribution in [0.25, 0.3) is 11.3 Å². The van der Waals surface area contributed by atoms with Crippen LogP contribution in [0.1, 0.15) is 10.5 Å². The highest BCUT2D eigenvalue weighted by Gasteiger charge is 2.18. The lowest BCUT2D eigenvalue weighted by atomic mass is 10.1. The van der Waals surface area contributed by atoms with E-state index in [-0.39, 0.29) is 5.69 Å². The summed E-state index contributed by atoms with van der Waals surface area (Å²) in [7, 11) is 1.54. The molecule has 6 nitrogen and oxygen atoms in total. The molecule has 0 aliphatic rings. The number of aromatic nitrogens is 3. The van der Waals surface area contributed by atoms with Gasteiger partial charge in [0.1, 0.15) is 11.4 Å². The van der Waals surface area contributed by atoms with E-state index in [9.17, 15) is 4.79 Å². The van der Waals surface area contributed by atoms with Crippen LogP contribution in [-0.2, 0) is 0 Å². The number of benzene rings is 1. The molecule has 0 saturated heterocycles. The van der Waals surface area contributed by atoms with Crippen molar-refractivity contribution >= 4 is 21.8 Å². The normalized spacial score (nSPS) is 10.2. The molecule has 0 bridgehead atoms. The number of methoxy groups -OCH3 is 1. The van der Waals surface area contributed by atoms with Crippen LogP contribution in [0.5, 0.6) is 5.75 Å². The van der Waals surface area contributed by atoms with E-state index in [0.29, 0.717) is 17.0 Å². The summed E-state index contributed by atoms with van der Waals surface area (Å²) in [4.78, 5) is 11.2. The van der Waals surface area contributed by atoms with Crippen LogP contribution in [0.2, 0.25) is 0 Å². The molecular weight excluding hydrogens is 288 g/mol. The Labute approximate surface area is 105 Å². The predicted molar refractivity (Wildman–Crippen MR) is 64.6 cm³/mol. The molecule has 1 heterocycles. The second-order valence-corrected chi connectivity index (χ2v) is 4.15. The zero-order valence-corrected chi connectivity index (χ0v) is 10.5. The van der Waals surface area contributed by atoms with E-state index in [4.69, 9.17) is 10.5 Å². The molecule has 0 atom stereocenters. The molecular formula is C10H9BrN4O2. The Kier molecular flexibility index (Phi) is 3.10.